The van der Waals surface area contributed by atoms with Gasteiger partial charge in [-0.2, -0.15) is 10.5 Å². The highest BCUT2D eigenvalue weighted by molar-refractivity contribution is 6.05. The van der Waals surface area contributed by atoms with E-state index in [4.69, 9.17) is 20.2 Å². The molecule has 0 saturated heterocycles. The van der Waals surface area contributed by atoms with Gasteiger partial charge < -0.3 is 9.64 Å². The molecule has 0 N–H and O–H groups in total. The number of para-hydroxylation sites is 1. The van der Waals surface area contributed by atoms with E-state index in [9.17, 15) is 9.59 Å². The van der Waals surface area contributed by atoms with Crippen LogP contribution in [0, 0.1) is 36.5 Å². The van der Waals surface area contributed by atoms with Crippen molar-refractivity contribution in [2.24, 2.45) is 0 Å². The van der Waals surface area contributed by atoms with Crippen molar-refractivity contribution in [1.82, 2.24) is 9.88 Å². The first-order chi connectivity index (χ1) is 15.9. The number of pyridine rings is 1. The molecule has 2 aromatic carbocycles. The number of esters is 1. The average molecular weight is 441 g/mol. The zero-order valence-corrected chi connectivity index (χ0v) is 18.7. The lowest BCUT2D eigenvalue weighted by Crippen LogP contribution is -2.36. The summed E-state index contributed by atoms with van der Waals surface area (Å²) in [5, 5.41) is 18.2. The minimum absolute atomic E-state index is 0.138. The Morgan fingerprint density at radius 1 is 1.00 bits per heavy atom. The summed E-state index contributed by atoms with van der Waals surface area (Å²) in [6, 6.07) is 19.0. The van der Waals surface area contributed by atoms with E-state index < -0.39 is 18.5 Å². The van der Waals surface area contributed by atoms with Crippen LogP contribution in [0.5, 0.6) is 0 Å². The van der Waals surface area contributed by atoms with Gasteiger partial charge in [-0.3, -0.25) is 4.79 Å². The van der Waals surface area contributed by atoms with Crippen molar-refractivity contribution < 1.29 is 14.3 Å². The molecule has 3 rings (SSSR count). The number of ether oxygens (including phenoxy) is 1. The summed E-state index contributed by atoms with van der Waals surface area (Å²) in [6.07, 6.45) is 0.277. The van der Waals surface area contributed by atoms with Gasteiger partial charge in [0.2, 0.25) is 0 Å². The molecule has 0 unspecified atom stereocenters. The van der Waals surface area contributed by atoms with Gasteiger partial charge in [0, 0.05) is 24.0 Å². The molecule has 33 heavy (non-hydrogen) atoms. The van der Waals surface area contributed by atoms with Crippen LogP contribution in [0.15, 0.2) is 48.5 Å². The second kappa shape index (κ2) is 10.9. The second-order valence-electron chi connectivity index (χ2n) is 7.66. The van der Waals surface area contributed by atoms with E-state index >= 15 is 0 Å². The Bertz CT molecular complexity index is 1250. The molecule has 7 heteroatoms. The molecule has 0 aliphatic rings. The van der Waals surface area contributed by atoms with Gasteiger partial charge in [0.05, 0.1) is 41.8 Å². The summed E-state index contributed by atoms with van der Waals surface area (Å²) in [4.78, 5) is 31.6. The summed E-state index contributed by atoms with van der Waals surface area (Å²) in [6.45, 7) is 3.91. The van der Waals surface area contributed by atoms with E-state index in [1.807, 2.05) is 56.3 Å². The Balaban J connectivity index is 1.88. The number of carbonyl (C=O) groups is 2. The lowest BCUT2D eigenvalue weighted by atomic mass is 9.99. The molecule has 0 radical (unpaired) electrons. The second-order valence-corrected chi connectivity index (χ2v) is 7.66. The number of benzene rings is 2. The Hall–Kier alpha value is -4.23. The van der Waals surface area contributed by atoms with Crippen molar-refractivity contribution in [2.45, 2.75) is 26.7 Å². The Morgan fingerprint density at radius 2 is 1.70 bits per heavy atom. The highest BCUT2D eigenvalue weighted by Gasteiger charge is 2.19. The van der Waals surface area contributed by atoms with Crippen molar-refractivity contribution in [3.8, 4) is 23.4 Å². The predicted octanol–water partition coefficient (Wildman–Crippen LogP) is 4.33. The van der Waals surface area contributed by atoms with E-state index in [-0.39, 0.29) is 25.9 Å². The first kappa shape index (κ1) is 23.4. The van der Waals surface area contributed by atoms with Crippen LogP contribution in [0.2, 0.25) is 0 Å². The number of nitrogens with zero attached hydrogens (tertiary/aromatic N) is 4. The van der Waals surface area contributed by atoms with Gasteiger partial charge in [-0.25, -0.2) is 9.78 Å². The minimum atomic E-state index is -0.631. The number of hydrogen-bond donors (Lipinski definition) is 0. The predicted molar refractivity (Wildman–Crippen MR) is 124 cm³/mol. The normalized spacial score (nSPS) is 10.3. The summed E-state index contributed by atoms with van der Waals surface area (Å²) in [7, 11) is 0. The van der Waals surface area contributed by atoms with Crippen molar-refractivity contribution in [1.29, 1.82) is 10.5 Å². The molecule has 1 aromatic heterocycles. The number of carbonyl (C=O) groups excluding carboxylic acids is 2. The monoisotopic (exact) mass is 440 g/mol. The fraction of sp³-hybridized carbons (Fsp3) is 0.269. The Labute approximate surface area is 192 Å². The highest BCUT2D eigenvalue weighted by atomic mass is 16.5. The number of rotatable bonds is 8. The maximum atomic E-state index is 13.0. The van der Waals surface area contributed by atoms with E-state index in [1.54, 1.807) is 12.1 Å². The van der Waals surface area contributed by atoms with E-state index in [0.717, 1.165) is 16.7 Å². The molecule has 0 aliphatic carbocycles. The fourth-order valence-electron chi connectivity index (χ4n) is 3.61. The lowest BCUT2D eigenvalue weighted by Gasteiger charge is -2.20. The molecule has 1 heterocycles. The number of nitriles is 2. The maximum absolute atomic E-state index is 13.0. The van der Waals surface area contributed by atoms with Crippen LogP contribution in [-0.2, 0) is 9.53 Å². The van der Waals surface area contributed by atoms with Crippen LogP contribution in [0.1, 0.15) is 34.3 Å². The SMILES string of the molecule is Cc1ccc(-c2cc(C(=O)OCC(=O)N(CCC#N)CCC#N)c3ccccc3n2)c(C)c1. The molecule has 3 aromatic rings. The third kappa shape index (κ3) is 5.72. The molecule has 0 aliphatic heterocycles. The number of aromatic nitrogens is 1. The third-order valence-electron chi connectivity index (χ3n) is 5.26. The van der Waals surface area contributed by atoms with Crippen LogP contribution >= 0.6 is 0 Å². The molecule has 7 nitrogen and oxygen atoms in total. The van der Waals surface area contributed by atoms with Crippen LogP contribution in [0.4, 0.5) is 0 Å². The van der Waals surface area contributed by atoms with E-state index in [2.05, 4.69) is 6.07 Å². The number of amides is 1. The zero-order chi connectivity index (χ0) is 23.8. The molecule has 0 saturated carbocycles. The number of hydrogen-bond acceptors (Lipinski definition) is 6. The Kier molecular flexibility index (Phi) is 7.73. The van der Waals surface area contributed by atoms with Crippen LogP contribution in [0.3, 0.4) is 0 Å². The van der Waals surface area contributed by atoms with E-state index in [1.165, 1.54) is 4.90 Å². The summed E-state index contributed by atoms with van der Waals surface area (Å²) >= 11 is 0. The first-order valence-corrected chi connectivity index (χ1v) is 10.6. The smallest absolute Gasteiger partial charge is 0.339 e. The van der Waals surface area contributed by atoms with Crippen LogP contribution < -0.4 is 0 Å². The van der Waals surface area contributed by atoms with Gasteiger partial charge in [0.15, 0.2) is 6.61 Å². The largest absolute Gasteiger partial charge is 0.452 e. The molecule has 0 fully saturated rings. The van der Waals surface area contributed by atoms with Gasteiger partial charge in [0.1, 0.15) is 0 Å². The van der Waals surface area contributed by atoms with Crippen molar-refractivity contribution >= 4 is 22.8 Å². The molecule has 0 bridgehead atoms. The van der Waals surface area contributed by atoms with Crippen molar-refractivity contribution in [3.63, 3.8) is 0 Å². The fourth-order valence-corrected chi connectivity index (χ4v) is 3.61. The number of fused-ring (bicyclic) bond motifs is 1. The number of aryl methyl sites for hydroxylation is 2. The minimum Gasteiger partial charge on any atom is -0.452 e. The molecular weight excluding hydrogens is 416 g/mol. The molecule has 0 spiro atoms. The summed E-state index contributed by atoms with van der Waals surface area (Å²) < 4.78 is 5.36. The summed E-state index contributed by atoms with van der Waals surface area (Å²) in [5.41, 5.74) is 4.71. The van der Waals surface area contributed by atoms with Gasteiger partial charge in [-0.05, 0) is 31.5 Å². The lowest BCUT2D eigenvalue weighted by molar-refractivity contribution is -0.134. The highest BCUT2D eigenvalue weighted by Crippen LogP contribution is 2.28. The topological polar surface area (TPSA) is 107 Å². The molecule has 1 amide bonds. The third-order valence-corrected chi connectivity index (χ3v) is 5.26. The van der Waals surface area contributed by atoms with Gasteiger partial charge in [0.25, 0.3) is 5.91 Å². The van der Waals surface area contributed by atoms with Crippen molar-refractivity contribution in [2.75, 3.05) is 19.7 Å². The summed E-state index contributed by atoms with van der Waals surface area (Å²) in [5.74, 6) is -1.07. The molecular formula is C26H24N4O3. The zero-order valence-electron chi connectivity index (χ0n) is 18.7. The maximum Gasteiger partial charge on any atom is 0.339 e. The average Bonchev–Trinajstić information content (AvgIpc) is 2.81. The van der Waals surface area contributed by atoms with Gasteiger partial charge in [-0.1, -0.05) is 42.0 Å². The standard InChI is InChI=1S/C26H24N4O3/c1-18-9-10-20(19(2)15-18)24-16-22(21-7-3-4-8-23(21)29-24)26(32)33-17-25(31)30(13-5-11-27)14-6-12-28/h3-4,7-10,15-16H,5-6,13-14,17H2,1-2H3. The Morgan fingerprint density at radius 3 is 2.36 bits per heavy atom. The van der Waals surface area contributed by atoms with Crippen LogP contribution in [-0.4, -0.2) is 41.5 Å². The van der Waals surface area contributed by atoms with E-state index in [0.29, 0.717) is 22.2 Å². The first-order valence-electron chi connectivity index (χ1n) is 10.6. The molecule has 166 valence electrons. The van der Waals surface area contributed by atoms with Crippen molar-refractivity contribution in [3.05, 3.63) is 65.2 Å². The quantitative estimate of drug-likeness (QED) is 0.483. The van der Waals surface area contributed by atoms with Gasteiger partial charge in [-0.15, -0.1) is 0 Å². The van der Waals surface area contributed by atoms with Gasteiger partial charge >= 0.3 is 5.97 Å². The molecule has 0 atom stereocenters. The van der Waals surface area contributed by atoms with Crippen LogP contribution in [0.25, 0.3) is 22.2 Å².